The van der Waals surface area contributed by atoms with E-state index in [0.29, 0.717) is 0 Å². The van der Waals surface area contributed by atoms with Gasteiger partial charge < -0.3 is 9.80 Å². The van der Waals surface area contributed by atoms with Crippen molar-refractivity contribution in [2.45, 2.75) is 5.41 Å². The minimum atomic E-state index is -0.530. The van der Waals surface area contributed by atoms with Crippen LogP contribution >= 0.6 is 0 Å². The molecule has 0 aromatic heterocycles. The summed E-state index contributed by atoms with van der Waals surface area (Å²) in [6.45, 7) is 0. The molecule has 1 aliphatic heterocycles. The van der Waals surface area contributed by atoms with Crippen molar-refractivity contribution in [2.24, 2.45) is 0 Å². The van der Waals surface area contributed by atoms with Gasteiger partial charge in [0.1, 0.15) is 0 Å². The highest BCUT2D eigenvalue weighted by Gasteiger charge is 2.46. The van der Waals surface area contributed by atoms with Crippen LogP contribution in [0.5, 0.6) is 0 Å². The molecule has 9 rings (SSSR count). The van der Waals surface area contributed by atoms with E-state index >= 15 is 0 Å². The first-order valence-corrected chi connectivity index (χ1v) is 17.5. The quantitative estimate of drug-likeness (QED) is 0.169. The number of fused-ring (bicyclic) bond motifs is 2. The molecule has 51 heavy (non-hydrogen) atoms. The molecule has 242 valence electrons. The van der Waals surface area contributed by atoms with E-state index in [9.17, 15) is 0 Å². The van der Waals surface area contributed by atoms with Crippen molar-refractivity contribution in [1.29, 1.82) is 0 Å². The van der Waals surface area contributed by atoms with E-state index in [-0.39, 0.29) is 0 Å². The molecule has 2 nitrogen and oxygen atoms in total. The highest BCUT2D eigenvalue weighted by atomic mass is 15.2. The first kappa shape index (κ1) is 30.4. The predicted molar refractivity (Wildman–Crippen MR) is 213 cm³/mol. The van der Waals surface area contributed by atoms with Gasteiger partial charge in [-0.25, -0.2) is 0 Å². The zero-order chi connectivity index (χ0) is 34.0. The lowest BCUT2D eigenvalue weighted by molar-refractivity contribution is 0.731. The number of anilines is 6. The van der Waals surface area contributed by atoms with E-state index < -0.39 is 5.41 Å². The first-order chi connectivity index (χ1) is 25.3. The zero-order valence-electron chi connectivity index (χ0n) is 28.2. The van der Waals surface area contributed by atoms with Crippen LogP contribution in [0.25, 0.3) is 11.1 Å². The van der Waals surface area contributed by atoms with Crippen molar-refractivity contribution >= 4 is 34.1 Å². The van der Waals surface area contributed by atoms with Crippen LogP contribution in [0.2, 0.25) is 0 Å². The van der Waals surface area contributed by atoms with Crippen molar-refractivity contribution in [2.75, 3.05) is 9.80 Å². The zero-order valence-corrected chi connectivity index (χ0v) is 28.2. The maximum absolute atomic E-state index is 2.45. The molecule has 0 saturated carbocycles. The molecular weight excluding hydrogens is 617 g/mol. The van der Waals surface area contributed by atoms with Gasteiger partial charge in [-0.2, -0.15) is 0 Å². The minimum absolute atomic E-state index is 0.530. The highest BCUT2D eigenvalue weighted by Crippen LogP contribution is 2.58. The van der Waals surface area contributed by atoms with Crippen LogP contribution in [-0.4, -0.2) is 0 Å². The summed E-state index contributed by atoms with van der Waals surface area (Å²) in [7, 11) is 0. The van der Waals surface area contributed by atoms with Crippen LogP contribution in [0.3, 0.4) is 0 Å². The van der Waals surface area contributed by atoms with Gasteiger partial charge in [0.2, 0.25) is 0 Å². The van der Waals surface area contributed by atoms with E-state index in [4.69, 9.17) is 0 Å². The molecule has 1 heterocycles. The lowest BCUT2D eigenvalue weighted by Gasteiger charge is -2.46. The lowest BCUT2D eigenvalue weighted by atomic mass is 9.62. The normalized spacial score (nSPS) is 12.8. The second-order valence-electron chi connectivity index (χ2n) is 13.0. The Labute approximate surface area is 300 Å². The molecule has 0 spiro atoms. The monoisotopic (exact) mass is 652 g/mol. The fourth-order valence-corrected chi connectivity index (χ4v) is 7.92. The molecule has 0 amide bonds. The first-order valence-electron chi connectivity index (χ1n) is 17.5. The lowest BCUT2D eigenvalue weighted by Crippen LogP contribution is -2.37. The molecular formula is C49H36N2. The van der Waals surface area contributed by atoms with Gasteiger partial charge in [-0.1, -0.05) is 158 Å². The Morgan fingerprint density at radius 1 is 0.333 bits per heavy atom. The number of rotatable bonds is 7. The summed E-state index contributed by atoms with van der Waals surface area (Å²) >= 11 is 0. The summed E-state index contributed by atoms with van der Waals surface area (Å²) in [6.07, 6.45) is 0. The SMILES string of the molecule is c1ccc(N(c2ccccc2)c2cccc(-c3ccc4c(c3)N(c3ccccc3)c3ccccc3C4(c3ccccc3)c3ccccc3)c2)cc1. The number of benzene rings is 8. The fraction of sp³-hybridized carbons (Fsp3) is 0.0204. The molecule has 1 aliphatic rings. The van der Waals surface area contributed by atoms with Crippen LogP contribution in [0.4, 0.5) is 34.1 Å². The standard InChI is InChI=1S/C49H36N2/c1-6-20-39(21-7-1)49(40-22-8-2-9-23-40)45-31-16-17-32-47(45)51(43-28-14-5-15-29-43)48-36-38(33-34-46(48)49)37-19-18-30-44(35-37)50(41-24-10-3-11-25-41)42-26-12-4-13-27-42/h1-36H. The van der Waals surface area contributed by atoms with Crippen molar-refractivity contribution in [1.82, 2.24) is 0 Å². The van der Waals surface area contributed by atoms with Crippen LogP contribution in [0, 0.1) is 0 Å². The molecule has 0 aliphatic carbocycles. The van der Waals surface area contributed by atoms with Gasteiger partial charge in [0.05, 0.1) is 16.8 Å². The van der Waals surface area contributed by atoms with Gasteiger partial charge in [-0.15, -0.1) is 0 Å². The van der Waals surface area contributed by atoms with Crippen LogP contribution < -0.4 is 9.80 Å². The fourth-order valence-electron chi connectivity index (χ4n) is 7.92. The third kappa shape index (κ3) is 5.21. The van der Waals surface area contributed by atoms with E-state index in [1.807, 2.05) is 0 Å². The Morgan fingerprint density at radius 2 is 0.804 bits per heavy atom. The molecule has 2 heteroatoms. The van der Waals surface area contributed by atoms with Crippen LogP contribution in [-0.2, 0) is 5.41 Å². The molecule has 0 fully saturated rings. The Balaban J connectivity index is 1.29. The van der Waals surface area contributed by atoms with Crippen molar-refractivity contribution < 1.29 is 0 Å². The molecule has 0 atom stereocenters. The number of hydrogen-bond donors (Lipinski definition) is 0. The molecule has 8 aromatic rings. The Bertz CT molecular complexity index is 2330. The van der Waals surface area contributed by atoms with Gasteiger partial charge in [0, 0.05) is 22.7 Å². The van der Waals surface area contributed by atoms with Gasteiger partial charge in [0.25, 0.3) is 0 Å². The van der Waals surface area contributed by atoms with Crippen molar-refractivity contribution in [3.63, 3.8) is 0 Å². The van der Waals surface area contributed by atoms with Crippen molar-refractivity contribution in [3.05, 3.63) is 241 Å². The van der Waals surface area contributed by atoms with E-state index in [1.54, 1.807) is 0 Å². The molecule has 0 unspecified atom stereocenters. The second kappa shape index (κ2) is 13.0. The number of hydrogen-bond acceptors (Lipinski definition) is 2. The Morgan fingerprint density at radius 3 is 1.41 bits per heavy atom. The topological polar surface area (TPSA) is 6.48 Å². The smallest absolute Gasteiger partial charge is 0.0742 e. The average molecular weight is 653 g/mol. The van der Waals surface area contributed by atoms with E-state index in [0.717, 1.165) is 33.9 Å². The van der Waals surface area contributed by atoms with Gasteiger partial charge in [-0.05, 0) is 94.0 Å². The highest BCUT2D eigenvalue weighted by molar-refractivity contribution is 5.91. The maximum atomic E-state index is 2.45. The van der Waals surface area contributed by atoms with Gasteiger partial charge in [0.15, 0.2) is 0 Å². The third-order valence-electron chi connectivity index (χ3n) is 10.1. The Kier molecular flexibility index (Phi) is 7.75. The average Bonchev–Trinajstić information content (AvgIpc) is 3.22. The van der Waals surface area contributed by atoms with Crippen LogP contribution in [0.1, 0.15) is 22.3 Å². The van der Waals surface area contributed by atoms with E-state index in [2.05, 4.69) is 228 Å². The summed E-state index contributed by atoms with van der Waals surface area (Å²) in [6, 6.07) is 78.9. The molecule has 0 saturated heterocycles. The maximum Gasteiger partial charge on any atom is 0.0742 e. The number of para-hydroxylation sites is 4. The summed E-state index contributed by atoms with van der Waals surface area (Å²) in [5, 5.41) is 0. The third-order valence-corrected chi connectivity index (χ3v) is 10.1. The molecule has 0 N–H and O–H groups in total. The van der Waals surface area contributed by atoms with Crippen molar-refractivity contribution in [3.8, 4) is 11.1 Å². The molecule has 8 aromatic carbocycles. The molecule has 0 radical (unpaired) electrons. The predicted octanol–water partition coefficient (Wildman–Crippen LogP) is 13.0. The summed E-state index contributed by atoms with van der Waals surface area (Å²) in [5.74, 6) is 0. The Hall–Kier alpha value is -6.64. The minimum Gasteiger partial charge on any atom is -0.310 e. The summed E-state index contributed by atoms with van der Waals surface area (Å²) < 4.78 is 0. The summed E-state index contributed by atoms with van der Waals surface area (Å²) in [4.78, 5) is 4.77. The molecule has 0 bridgehead atoms. The second-order valence-corrected chi connectivity index (χ2v) is 13.0. The van der Waals surface area contributed by atoms with Crippen LogP contribution in [0.15, 0.2) is 218 Å². The number of nitrogens with zero attached hydrogens (tertiary/aromatic N) is 2. The summed E-state index contributed by atoms with van der Waals surface area (Å²) in [5.41, 5.74) is 13.6. The van der Waals surface area contributed by atoms with E-state index in [1.165, 1.54) is 33.6 Å². The van der Waals surface area contributed by atoms with Gasteiger partial charge in [-0.3, -0.25) is 0 Å². The largest absolute Gasteiger partial charge is 0.310 e. The van der Waals surface area contributed by atoms with Gasteiger partial charge >= 0.3 is 0 Å².